The van der Waals surface area contributed by atoms with Crippen molar-refractivity contribution in [1.29, 1.82) is 0 Å². The molecule has 0 saturated heterocycles. The highest BCUT2D eigenvalue weighted by Gasteiger charge is 2.11. The molecule has 2 nitrogen and oxygen atoms in total. The molecule has 0 spiro atoms. The maximum atomic E-state index is 5.63. The third kappa shape index (κ3) is 3.62. The van der Waals surface area contributed by atoms with Gasteiger partial charge in [0.15, 0.2) is 0 Å². The topological polar surface area (TPSA) is 21.3 Å². The van der Waals surface area contributed by atoms with E-state index in [-0.39, 0.29) is 0 Å². The van der Waals surface area contributed by atoms with E-state index in [1.165, 1.54) is 11.1 Å². The minimum Gasteiger partial charge on any atom is -0.379 e. The Labute approximate surface area is 99.0 Å². The predicted molar refractivity (Wildman–Crippen MR) is 68.7 cm³/mol. The average Bonchev–Trinajstić information content (AvgIpc) is 2.35. The van der Waals surface area contributed by atoms with E-state index >= 15 is 0 Å². The smallest absolute Gasteiger partial charge is 0.0661 e. The second-order valence-corrected chi connectivity index (χ2v) is 3.97. The Morgan fingerprint density at radius 3 is 2.62 bits per heavy atom. The molecule has 2 heteroatoms. The van der Waals surface area contributed by atoms with Crippen molar-refractivity contribution in [3.63, 3.8) is 0 Å². The van der Waals surface area contributed by atoms with E-state index in [1.807, 2.05) is 7.05 Å². The molecule has 0 fully saturated rings. The third-order valence-electron chi connectivity index (χ3n) is 2.79. The molecule has 0 saturated carbocycles. The van der Waals surface area contributed by atoms with Gasteiger partial charge in [-0.3, -0.25) is 0 Å². The van der Waals surface area contributed by atoms with Crippen LogP contribution in [0.25, 0.3) is 0 Å². The summed E-state index contributed by atoms with van der Waals surface area (Å²) in [6.07, 6.45) is 2.15. The first-order valence-corrected chi connectivity index (χ1v) is 6.16. The molecule has 0 aliphatic rings. The SMILES string of the molecule is CCCOCC(NC)c1ccccc1CC. The van der Waals surface area contributed by atoms with Crippen LogP contribution in [0.4, 0.5) is 0 Å². The van der Waals surface area contributed by atoms with Gasteiger partial charge < -0.3 is 10.1 Å². The zero-order chi connectivity index (χ0) is 11.8. The molecular formula is C14H23NO. The van der Waals surface area contributed by atoms with E-state index in [0.717, 1.165) is 26.1 Å². The highest BCUT2D eigenvalue weighted by atomic mass is 16.5. The molecule has 0 aliphatic carbocycles. The Morgan fingerprint density at radius 1 is 1.25 bits per heavy atom. The first-order valence-electron chi connectivity index (χ1n) is 6.16. The van der Waals surface area contributed by atoms with Crippen molar-refractivity contribution in [3.05, 3.63) is 35.4 Å². The number of rotatable bonds is 7. The lowest BCUT2D eigenvalue weighted by Crippen LogP contribution is -2.23. The van der Waals surface area contributed by atoms with Crippen LogP contribution in [0, 0.1) is 0 Å². The fraction of sp³-hybridized carbons (Fsp3) is 0.571. The molecule has 0 aliphatic heterocycles. The van der Waals surface area contributed by atoms with Gasteiger partial charge in [-0.05, 0) is 31.0 Å². The molecule has 1 aromatic carbocycles. The molecule has 1 aromatic rings. The highest BCUT2D eigenvalue weighted by molar-refractivity contribution is 5.30. The summed E-state index contributed by atoms with van der Waals surface area (Å²) in [5.41, 5.74) is 2.77. The molecule has 90 valence electrons. The summed E-state index contributed by atoms with van der Waals surface area (Å²) >= 11 is 0. The Hall–Kier alpha value is -0.860. The lowest BCUT2D eigenvalue weighted by molar-refractivity contribution is 0.114. The molecular weight excluding hydrogens is 198 g/mol. The van der Waals surface area contributed by atoms with Crippen molar-refractivity contribution in [1.82, 2.24) is 5.32 Å². The van der Waals surface area contributed by atoms with Gasteiger partial charge >= 0.3 is 0 Å². The molecule has 0 heterocycles. The zero-order valence-electron chi connectivity index (χ0n) is 10.6. The monoisotopic (exact) mass is 221 g/mol. The fourth-order valence-electron chi connectivity index (χ4n) is 1.87. The largest absolute Gasteiger partial charge is 0.379 e. The maximum absolute atomic E-state index is 5.63. The van der Waals surface area contributed by atoms with Crippen LogP contribution < -0.4 is 5.32 Å². The quantitative estimate of drug-likeness (QED) is 0.715. The summed E-state index contributed by atoms with van der Waals surface area (Å²) in [6.45, 7) is 5.92. The number of benzene rings is 1. The predicted octanol–water partition coefficient (Wildman–Crippen LogP) is 2.94. The molecule has 0 aromatic heterocycles. The Bertz CT molecular complexity index is 299. The number of hydrogen-bond donors (Lipinski definition) is 1. The van der Waals surface area contributed by atoms with Crippen molar-refractivity contribution in [3.8, 4) is 0 Å². The number of ether oxygens (including phenoxy) is 1. The minimum atomic E-state index is 0.308. The van der Waals surface area contributed by atoms with Gasteiger partial charge in [0.1, 0.15) is 0 Å². The first kappa shape index (κ1) is 13.2. The van der Waals surface area contributed by atoms with E-state index in [4.69, 9.17) is 4.74 Å². The number of likely N-dealkylation sites (N-methyl/N-ethyl adjacent to an activating group) is 1. The molecule has 1 atom stereocenters. The first-order chi connectivity index (χ1) is 7.83. The molecule has 1 unspecified atom stereocenters. The fourth-order valence-corrected chi connectivity index (χ4v) is 1.87. The summed E-state index contributed by atoms with van der Waals surface area (Å²) in [6, 6.07) is 8.89. The van der Waals surface area contributed by atoms with Crippen LogP contribution >= 0.6 is 0 Å². The van der Waals surface area contributed by atoms with Crippen LogP contribution in [0.15, 0.2) is 24.3 Å². The van der Waals surface area contributed by atoms with Gasteiger partial charge in [0, 0.05) is 6.61 Å². The highest BCUT2D eigenvalue weighted by Crippen LogP contribution is 2.18. The van der Waals surface area contributed by atoms with E-state index in [0.29, 0.717) is 6.04 Å². The van der Waals surface area contributed by atoms with Crippen LogP contribution in [0.2, 0.25) is 0 Å². The normalized spacial score (nSPS) is 12.7. The Kier molecular flexibility index (Phi) is 6.12. The average molecular weight is 221 g/mol. The van der Waals surface area contributed by atoms with E-state index in [1.54, 1.807) is 0 Å². The Balaban J connectivity index is 2.69. The van der Waals surface area contributed by atoms with Gasteiger partial charge in [0.2, 0.25) is 0 Å². The summed E-state index contributed by atoms with van der Waals surface area (Å²) in [5, 5.41) is 3.33. The second-order valence-electron chi connectivity index (χ2n) is 3.97. The number of aryl methyl sites for hydroxylation is 1. The molecule has 0 bridgehead atoms. The van der Waals surface area contributed by atoms with E-state index < -0.39 is 0 Å². The Morgan fingerprint density at radius 2 is 2.00 bits per heavy atom. The van der Waals surface area contributed by atoms with Crippen molar-refractivity contribution < 1.29 is 4.74 Å². The van der Waals surface area contributed by atoms with E-state index in [9.17, 15) is 0 Å². The van der Waals surface area contributed by atoms with Crippen LogP contribution in [-0.4, -0.2) is 20.3 Å². The minimum absolute atomic E-state index is 0.308. The van der Waals surface area contributed by atoms with Gasteiger partial charge in [-0.1, -0.05) is 38.1 Å². The maximum Gasteiger partial charge on any atom is 0.0661 e. The van der Waals surface area contributed by atoms with Crippen LogP contribution in [-0.2, 0) is 11.2 Å². The van der Waals surface area contributed by atoms with Gasteiger partial charge in [-0.15, -0.1) is 0 Å². The van der Waals surface area contributed by atoms with Gasteiger partial charge in [-0.25, -0.2) is 0 Å². The van der Waals surface area contributed by atoms with E-state index in [2.05, 4.69) is 43.4 Å². The lowest BCUT2D eigenvalue weighted by Gasteiger charge is -2.19. The van der Waals surface area contributed by atoms with Crippen molar-refractivity contribution in [2.75, 3.05) is 20.3 Å². The third-order valence-corrected chi connectivity index (χ3v) is 2.79. The number of nitrogens with one attached hydrogen (secondary N) is 1. The van der Waals surface area contributed by atoms with Crippen LogP contribution in [0.5, 0.6) is 0 Å². The van der Waals surface area contributed by atoms with Crippen molar-refractivity contribution in [2.24, 2.45) is 0 Å². The molecule has 0 amide bonds. The lowest BCUT2D eigenvalue weighted by atomic mass is 9.99. The number of hydrogen-bond acceptors (Lipinski definition) is 2. The standard InChI is InChI=1S/C14H23NO/c1-4-10-16-11-14(15-3)13-9-7-6-8-12(13)5-2/h6-9,14-15H,4-5,10-11H2,1-3H3. The summed E-state index contributed by atoms with van der Waals surface area (Å²) in [5.74, 6) is 0. The molecule has 0 radical (unpaired) electrons. The summed E-state index contributed by atoms with van der Waals surface area (Å²) < 4.78 is 5.63. The van der Waals surface area contributed by atoms with Gasteiger partial charge in [-0.2, -0.15) is 0 Å². The van der Waals surface area contributed by atoms with Gasteiger partial charge in [0.05, 0.1) is 12.6 Å². The summed E-state index contributed by atoms with van der Waals surface area (Å²) in [7, 11) is 1.99. The van der Waals surface area contributed by atoms with Gasteiger partial charge in [0.25, 0.3) is 0 Å². The summed E-state index contributed by atoms with van der Waals surface area (Å²) in [4.78, 5) is 0. The van der Waals surface area contributed by atoms with Crippen molar-refractivity contribution >= 4 is 0 Å². The molecule has 1 rings (SSSR count). The van der Waals surface area contributed by atoms with Crippen LogP contribution in [0.1, 0.15) is 37.4 Å². The van der Waals surface area contributed by atoms with Crippen LogP contribution in [0.3, 0.4) is 0 Å². The molecule has 16 heavy (non-hydrogen) atoms. The second kappa shape index (κ2) is 7.42. The van der Waals surface area contributed by atoms with Crippen molar-refractivity contribution in [2.45, 2.75) is 32.7 Å². The zero-order valence-corrected chi connectivity index (χ0v) is 10.6. The molecule has 1 N–H and O–H groups in total.